The van der Waals surface area contributed by atoms with Gasteiger partial charge in [-0.3, -0.25) is 19.3 Å². The Balaban J connectivity index is 2.22. The number of nitrogens with zero attached hydrogens (tertiary/aromatic N) is 3. The van der Waals surface area contributed by atoms with Gasteiger partial charge in [0.2, 0.25) is 0 Å². The molecule has 0 aliphatic rings. The molecule has 2 heterocycles. The van der Waals surface area contributed by atoms with Crippen molar-refractivity contribution in [2.24, 2.45) is 0 Å². The Bertz CT molecular complexity index is 716. The molecule has 0 aliphatic carbocycles. The molecule has 112 valence electrons. The summed E-state index contributed by atoms with van der Waals surface area (Å²) in [5.41, 5.74) is 2.66. The Morgan fingerprint density at radius 1 is 1.43 bits per heavy atom. The quantitative estimate of drug-likeness (QED) is 0.881. The Labute approximate surface area is 122 Å². The maximum absolute atomic E-state index is 12.1. The summed E-state index contributed by atoms with van der Waals surface area (Å²) >= 11 is 0. The lowest BCUT2D eigenvalue weighted by atomic mass is 10.1. The van der Waals surface area contributed by atoms with Crippen molar-refractivity contribution in [1.82, 2.24) is 25.1 Å². The summed E-state index contributed by atoms with van der Waals surface area (Å²) in [7, 11) is 0. The Kier molecular flexibility index (Phi) is 4.21. The fraction of sp³-hybridized carbons (Fsp3) is 0.429. The van der Waals surface area contributed by atoms with Crippen molar-refractivity contribution in [3.05, 3.63) is 45.4 Å². The van der Waals surface area contributed by atoms with E-state index in [9.17, 15) is 9.59 Å². The van der Waals surface area contributed by atoms with Crippen molar-refractivity contribution in [3.8, 4) is 0 Å². The molecule has 21 heavy (non-hydrogen) atoms. The molecule has 2 aromatic heterocycles. The molecule has 1 unspecified atom stereocenters. The van der Waals surface area contributed by atoms with Gasteiger partial charge in [0.05, 0.1) is 24.1 Å². The van der Waals surface area contributed by atoms with Gasteiger partial charge in [0.25, 0.3) is 11.5 Å². The molecule has 0 aliphatic heterocycles. The van der Waals surface area contributed by atoms with Gasteiger partial charge in [-0.1, -0.05) is 0 Å². The number of amides is 1. The molecule has 2 aromatic rings. The van der Waals surface area contributed by atoms with Gasteiger partial charge >= 0.3 is 0 Å². The topological polar surface area (TPSA) is 92.7 Å². The van der Waals surface area contributed by atoms with Gasteiger partial charge in [-0.15, -0.1) is 0 Å². The number of rotatable bonds is 4. The first-order valence-corrected chi connectivity index (χ1v) is 6.83. The molecular weight excluding hydrogens is 270 g/mol. The second-order valence-electron chi connectivity index (χ2n) is 4.91. The maximum Gasteiger partial charge on any atom is 0.269 e. The molecule has 1 atom stereocenters. The number of aromatic nitrogens is 4. The average Bonchev–Trinajstić information content (AvgIpc) is 2.73. The fourth-order valence-corrected chi connectivity index (χ4v) is 2.48. The zero-order valence-corrected chi connectivity index (χ0v) is 12.6. The number of aryl methyl sites for hydroxylation is 2. The van der Waals surface area contributed by atoms with Crippen LogP contribution < -0.4 is 10.9 Å². The average molecular weight is 289 g/mol. The number of carbonyl (C=O) groups excluding carboxylic acids is 1. The first kappa shape index (κ1) is 15.0. The van der Waals surface area contributed by atoms with E-state index in [1.807, 2.05) is 32.4 Å². The van der Waals surface area contributed by atoms with Crippen LogP contribution >= 0.6 is 0 Å². The lowest BCUT2D eigenvalue weighted by molar-refractivity contribution is 0.0934. The van der Waals surface area contributed by atoms with Gasteiger partial charge in [-0.25, -0.2) is 0 Å². The van der Waals surface area contributed by atoms with Crippen LogP contribution in [0.4, 0.5) is 0 Å². The van der Waals surface area contributed by atoms with Gasteiger partial charge < -0.3 is 10.3 Å². The van der Waals surface area contributed by atoms with Gasteiger partial charge in [0.15, 0.2) is 0 Å². The summed E-state index contributed by atoms with van der Waals surface area (Å²) in [6.07, 6.45) is 2.46. The smallest absolute Gasteiger partial charge is 0.269 e. The van der Waals surface area contributed by atoms with E-state index < -0.39 is 5.56 Å². The van der Waals surface area contributed by atoms with Crippen LogP contribution in [-0.2, 0) is 6.54 Å². The standard InChI is InChI=1S/C14H19N5O2/c1-5-19-10(4)13(9(3)18-19)8(2)16-14(21)11-6-15-7-12(20)17-11/h6-8H,5H2,1-4H3,(H,16,21)(H,17,20). The SMILES string of the molecule is CCn1nc(C)c(C(C)NC(=O)c2cncc(=O)[nH]2)c1C. The lowest BCUT2D eigenvalue weighted by Gasteiger charge is -2.14. The summed E-state index contributed by atoms with van der Waals surface area (Å²) in [6, 6.07) is -0.207. The van der Waals surface area contributed by atoms with Crippen molar-refractivity contribution in [1.29, 1.82) is 0 Å². The highest BCUT2D eigenvalue weighted by Gasteiger charge is 2.19. The molecule has 0 spiro atoms. The summed E-state index contributed by atoms with van der Waals surface area (Å²) in [5, 5.41) is 7.30. The molecule has 0 radical (unpaired) electrons. The molecule has 0 saturated heterocycles. The van der Waals surface area contributed by atoms with Crippen molar-refractivity contribution in [3.63, 3.8) is 0 Å². The van der Waals surface area contributed by atoms with E-state index in [0.717, 1.165) is 29.7 Å². The van der Waals surface area contributed by atoms with Crippen LogP contribution in [0, 0.1) is 13.8 Å². The first-order valence-electron chi connectivity index (χ1n) is 6.83. The molecule has 0 saturated carbocycles. The summed E-state index contributed by atoms with van der Waals surface area (Å²) in [5.74, 6) is -0.365. The van der Waals surface area contributed by atoms with Gasteiger partial charge in [-0.2, -0.15) is 5.10 Å². The molecule has 2 N–H and O–H groups in total. The summed E-state index contributed by atoms with van der Waals surface area (Å²) in [4.78, 5) is 29.5. The Morgan fingerprint density at radius 3 is 2.71 bits per heavy atom. The highest BCUT2D eigenvalue weighted by atomic mass is 16.2. The Morgan fingerprint density at radius 2 is 2.14 bits per heavy atom. The molecule has 0 aromatic carbocycles. The predicted octanol–water partition coefficient (Wildman–Crippen LogP) is 1.09. The third kappa shape index (κ3) is 3.01. The fourth-order valence-electron chi connectivity index (χ4n) is 2.48. The summed E-state index contributed by atoms with van der Waals surface area (Å²) < 4.78 is 1.90. The molecule has 0 bridgehead atoms. The van der Waals surface area contributed by atoms with Crippen molar-refractivity contribution >= 4 is 5.91 Å². The molecule has 7 nitrogen and oxygen atoms in total. The van der Waals surface area contributed by atoms with Crippen molar-refractivity contribution < 1.29 is 4.79 Å². The number of aromatic amines is 1. The zero-order valence-electron chi connectivity index (χ0n) is 12.6. The third-order valence-electron chi connectivity index (χ3n) is 3.42. The second-order valence-corrected chi connectivity index (χ2v) is 4.91. The number of hydrogen-bond donors (Lipinski definition) is 2. The minimum Gasteiger partial charge on any atom is -0.344 e. The lowest BCUT2D eigenvalue weighted by Crippen LogP contribution is -2.29. The molecule has 0 fully saturated rings. The van der Waals surface area contributed by atoms with E-state index in [0.29, 0.717) is 0 Å². The number of hydrogen-bond acceptors (Lipinski definition) is 4. The molecule has 1 amide bonds. The van der Waals surface area contributed by atoms with Crippen LogP contribution in [0.15, 0.2) is 17.2 Å². The van der Waals surface area contributed by atoms with E-state index in [1.165, 1.54) is 6.20 Å². The minimum absolute atomic E-state index is 0.146. The third-order valence-corrected chi connectivity index (χ3v) is 3.42. The predicted molar refractivity (Wildman–Crippen MR) is 78.1 cm³/mol. The number of nitrogens with one attached hydrogen (secondary N) is 2. The zero-order chi connectivity index (χ0) is 15.6. The number of H-pyrrole nitrogens is 1. The van der Waals surface area contributed by atoms with E-state index in [4.69, 9.17) is 0 Å². The highest BCUT2D eigenvalue weighted by molar-refractivity contribution is 5.92. The Hall–Kier alpha value is -2.44. The van der Waals surface area contributed by atoms with Crippen LogP contribution in [0.5, 0.6) is 0 Å². The summed E-state index contributed by atoms with van der Waals surface area (Å²) in [6.45, 7) is 8.59. The van der Waals surface area contributed by atoms with Crippen LogP contribution in [-0.4, -0.2) is 25.7 Å². The first-order chi connectivity index (χ1) is 9.93. The van der Waals surface area contributed by atoms with Crippen LogP contribution in [0.25, 0.3) is 0 Å². The normalized spacial score (nSPS) is 12.2. The van der Waals surface area contributed by atoms with Gasteiger partial charge in [0.1, 0.15) is 5.69 Å². The molecule has 7 heteroatoms. The van der Waals surface area contributed by atoms with E-state index in [2.05, 4.69) is 20.4 Å². The minimum atomic E-state index is -0.401. The molecular formula is C14H19N5O2. The number of carbonyl (C=O) groups is 1. The van der Waals surface area contributed by atoms with Gasteiger partial charge in [0, 0.05) is 17.8 Å². The van der Waals surface area contributed by atoms with E-state index in [-0.39, 0.29) is 17.6 Å². The van der Waals surface area contributed by atoms with Crippen LogP contribution in [0.3, 0.4) is 0 Å². The van der Waals surface area contributed by atoms with Crippen molar-refractivity contribution in [2.75, 3.05) is 0 Å². The highest BCUT2D eigenvalue weighted by Crippen LogP contribution is 2.21. The second kappa shape index (κ2) is 5.90. The van der Waals surface area contributed by atoms with Gasteiger partial charge in [-0.05, 0) is 27.7 Å². The molecule has 2 rings (SSSR count). The van der Waals surface area contributed by atoms with E-state index in [1.54, 1.807) is 0 Å². The van der Waals surface area contributed by atoms with Crippen LogP contribution in [0.2, 0.25) is 0 Å². The maximum atomic E-state index is 12.1. The van der Waals surface area contributed by atoms with Crippen molar-refractivity contribution in [2.45, 2.75) is 40.3 Å². The monoisotopic (exact) mass is 289 g/mol. The van der Waals surface area contributed by atoms with Crippen LogP contribution in [0.1, 0.15) is 47.3 Å². The van der Waals surface area contributed by atoms with E-state index >= 15 is 0 Å². The largest absolute Gasteiger partial charge is 0.344 e.